The molecule has 0 aromatic heterocycles. The van der Waals surface area contributed by atoms with Crippen molar-refractivity contribution in [1.82, 2.24) is 0 Å². The predicted molar refractivity (Wildman–Crippen MR) is 37.8 cm³/mol. The van der Waals surface area contributed by atoms with Crippen LogP contribution in [0.5, 0.6) is 0 Å². The van der Waals surface area contributed by atoms with Crippen LogP contribution < -0.4 is 0 Å². The van der Waals surface area contributed by atoms with E-state index in [0.29, 0.717) is 5.92 Å². The van der Waals surface area contributed by atoms with Gasteiger partial charge in [-0.3, -0.25) is 0 Å². The van der Waals surface area contributed by atoms with Crippen LogP contribution in [0.1, 0.15) is 19.3 Å². The molecule has 0 saturated heterocycles. The Labute approximate surface area is 68.4 Å². The molecular formula is C7H10F3NO. The molecule has 1 aliphatic carbocycles. The highest BCUT2D eigenvalue weighted by atomic mass is 19.4. The minimum absolute atomic E-state index is 0.332. The summed E-state index contributed by atoms with van der Waals surface area (Å²) in [5, 5.41) is 3.23. The molecular weight excluding hydrogens is 171 g/mol. The van der Waals surface area contributed by atoms with Gasteiger partial charge in [-0.1, -0.05) is 11.6 Å². The van der Waals surface area contributed by atoms with Gasteiger partial charge in [0.1, 0.15) is 0 Å². The number of halogens is 3. The maximum atomic E-state index is 11.5. The van der Waals surface area contributed by atoms with Crippen LogP contribution in [-0.2, 0) is 4.84 Å². The predicted octanol–water partition coefficient (Wildman–Crippen LogP) is 2.35. The largest absolute Gasteiger partial charge is 0.425 e. The summed E-state index contributed by atoms with van der Waals surface area (Å²) in [5.74, 6) is 0.332. The zero-order chi connectivity index (χ0) is 9.03. The van der Waals surface area contributed by atoms with Crippen LogP contribution in [-0.4, -0.2) is 19.0 Å². The molecule has 0 spiro atoms. The molecule has 1 fully saturated rings. The van der Waals surface area contributed by atoms with Gasteiger partial charge in [-0.2, -0.15) is 13.2 Å². The molecule has 2 nitrogen and oxygen atoms in total. The Bertz CT molecular complexity index is 163. The van der Waals surface area contributed by atoms with Gasteiger partial charge in [-0.25, -0.2) is 0 Å². The Kier molecular flexibility index (Phi) is 2.94. The fraction of sp³-hybridized carbons (Fsp3) is 0.857. The van der Waals surface area contributed by atoms with Crippen LogP contribution in [0.15, 0.2) is 5.16 Å². The van der Waals surface area contributed by atoms with Gasteiger partial charge in [0, 0.05) is 6.21 Å². The summed E-state index contributed by atoms with van der Waals surface area (Å²) in [4.78, 5) is 4.05. The van der Waals surface area contributed by atoms with Gasteiger partial charge in [0.05, 0.1) is 0 Å². The molecule has 0 N–H and O–H groups in total. The second kappa shape index (κ2) is 3.78. The lowest BCUT2D eigenvalue weighted by Gasteiger charge is -2.19. The zero-order valence-electron chi connectivity index (χ0n) is 6.47. The van der Waals surface area contributed by atoms with Crippen LogP contribution in [0, 0.1) is 5.92 Å². The van der Waals surface area contributed by atoms with Crippen molar-refractivity contribution in [1.29, 1.82) is 0 Å². The monoisotopic (exact) mass is 181 g/mol. The van der Waals surface area contributed by atoms with E-state index in [9.17, 15) is 13.2 Å². The van der Waals surface area contributed by atoms with Crippen molar-refractivity contribution < 1.29 is 18.0 Å². The molecule has 0 aromatic rings. The number of alkyl halides is 3. The van der Waals surface area contributed by atoms with Crippen LogP contribution in [0.25, 0.3) is 0 Å². The summed E-state index contributed by atoms with van der Waals surface area (Å²) in [5.41, 5.74) is 0. The fourth-order valence-corrected chi connectivity index (χ4v) is 0.828. The highest BCUT2D eigenvalue weighted by molar-refractivity contribution is 5.60. The van der Waals surface area contributed by atoms with E-state index in [-0.39, 0.29) is 0 Å². The van der Waals surface area contributed by atoms with E-state index in [1.807, 2.05) is 0 Å². The van der Waals surface area contributed by atoms with E-state index >= 15 is 0 Å². The minimum atomic E-state index is -4.28. The van der Waals surface area contributed by atoms with Gasteiger partial charge in [0.25, 0.3) is 0 Å². The van der Waals surface area contributed by atoms with E-state index in [1.54, 1.807) is 0 Å². The maximum absolute atomic E-state index is 11.5. The van der Waals surface area contributed by atoms with Crippen LogP contribution in [0.4, 0.5) is 13.2 Å². The Hall–Kier alpha value is -0.740. The Morgan fingerprint density at radius 3 is 2.50 bits per heavy atom. The number of nitrogens with zero attached hydrogens (tertiary/aromatic N) is 1. The van der Waals surface area contributed by atoms with Crippen LogP contribution in [0.3, 0.4) is 0 Å². The third kappa shape index (κ3) is 3.59. The third-order valence-electron chi connectivity index (χ3n) is 1.72. The standard InChI is InChI=1S/C7H10F3NO/c8-7(9,10)5-12-11-4-6-2-1-3-6/h4,6H,1-3,5H2. The minimum Gasteiger partial charge on any atom is -0.386 e. The first kappa shape index (κ1) is 9.35. The highest BCUT2D eigenvalue weighted by Gasteiger charge is 2.28. The first-order valence-electron chi connectivity index (χ1n) is 3.80. The molecule has 0 aromatic carbocycles. The number of hydrogen-bond acceptors (Lipinski definition) is 2. The van der Waals surface area contributed by atoms with Crippen LogP contribution >= 0.6 is 0 Å². The SMILES string of the molecule is FC(F)(F)CON=CC1CCC1. The van der Waals surface area contributed by atoms with Crippen molar-refractivity contribution in [3.8, 4) is 0 Å². The highest BCUT2D eigenvalue weighted by Crippen LogP contribution is 2.24. The molecule has 12 heavy (non-hydrogen) atoms. The molecule has 5 heteroatoms. The molecule has 0 heterocycles. The molecule has 70 valence electrons. The van der Waals surface area contributed by atoms with Crippen molar-refractivity contribution in [2.24, 2.45) is 11.1 Å². The molecule has 1 saturated carbocycles. The molecule has 0 amide bonds. The van der Waals surface area contributed by atoms with Crippen molar-refractivity contribution in [3.05, 3.63) is 0 Å². The quantitative estimate of drug-likeness (QED) is 0.483. The molecule has 0 bridgehead atoms. The van der Waals surface area contributed by atoms with Gasteiger partial charge < -0.3 is 4.84 Å². The van der Waals surface area contributed by atoms with E-state index in [0.717, 1.165) is 19.3 Å². The lowest BCUT2D eigenvalue weighted by molar-refractivity contribution is -0.173. The average molecular weight is 181 g/mol. The maximum Gasteiger partial charge on any atom is 0.425 e. The van der Waals surface area contributed by atoms with E-state index in [1.165, 1.54) is 6.21 Å². The number of rotatable bonds is 3. The Balaban J connectivity index is 2.04. The van der Waals surface area contributed by atoms with E-state index in [2.05, 4.69) is 9.99 Å². The zero-order valence-corrected chi connectivity index (χ0v) is 6.47. The third-order valence-corrected chi connectivity index (χ3v) is 1.72. The summed E-state index contributed by atoms with van der Waals surface area (Å²) in [6, 6.07) is 0. The Morgan fingerprint density at radius 2 is 2.08 bits per heavy atom. The summed E-state index contributed by atoms with van der Waals surface area (Å²) < 4.78 is 34.4. The number of oxime groups is 1. The normalized spacial score (nSPS) is 19.6. The number of hydrogen-bond donors (Lipinski definition) is 0. The second-order valence-corrected chi connectivity index (χ2v) is 2.83. The first-order valence-corrected chi connectivity index (χ1v) is 3.80. The van der Waals surface area contributed by atoms with Gasteiger partial charge in [-0.05, 0) is 18.8 Å². The first-order chi connectivity index (χ1) is 5.58. The Morgan fingerprint density at radius 1 is 1.42 bits per heavy atom. The van der Waals surface area contributed by atoms with Crippen molar-refractivity contribution in [2.45, 2.75) is 25.4 Å². The van der Waals surface area contributed by atoms with Gasteiger partial charge in [0.15, 0.2) is 0 Å². The molecule has 0 unspecified atom stereocenters. The van der Waals surface area contributed by atoms with Crippen molar-refractivity contribution in [3.63, 3.8) is 0 Å². The van der Waals surface area contributed by atoms with Gasteiger partial charge in [0.2, 0.25) is 6.61 Å². The molecule has 0 radical (unpaired) electrons. The summed E-state index contributed by atoms with van der Waals surface area (Å²) >= 11 is 0. The van der Waals surface area contributed by atoms with Crippen molar-refractivity contribution >= 4 is 6.21 Å². The second-order valence-electron chi connectivity index (χ2n) is 2.83. The van der Waals surface area contributed by atoms with Crippen LogP contribution in [0.2, 0.25) is 0 Å². The smallest absolute Gasteiger partial charge is 0.386 e. The molecule has 0 aliphatic heterocycles. The lowest BCUT2D eigenvalue weighted by atomic mass is 9.87. The summed E-state index contributed by atoms with van der Waals surface area (Å²) in [6.07, 6.45) is 0.333. The van der Waals surface area contributed by atoms with E-state index < -0.39 is 12.8 Å². The van der Waals surface area contributed by atoms with Crippen molar-refractivity contribution in [2.75, 3.05) is 6.61 Å². The molecule has 1 rings (SSSR count). The van der Waals surface area contributed by atoms with E-state index in [4.69, 9.17) is 0 Å². The van der Waals surface area contributed by atoms with Gasteiger partial charge in [-0.15, -0.1) is 0 Å². The molecule has 0 atom stereocenters. The summed E-state index contributed by atoms with van der Waals surface area (Å²) in [7, 11) is 0. The lowest BCUT2D eigenvalue weighted by Crippen LogP contribution is -2.16. The fourth-order valence-electron chi connectivity index (χ4n) is 0.828. The molecule has 1 aliphatic rings. The summed E-state index contributed by atoms with van der Waals surface area (Å²) in [6.45, 7) is -1.30. The topological polar surface area (TPSA) is 21.6 Å². The van der Waals surface area contributed by atoms with Gasteiger partial charge >= 0.3 is 6.18 Å². The average Bonchev–Trinajstić information content (AvgIpc) is 1.80.